The highest BCUT2D eigenvalue weighted by Gasteiger charge is 2.40. The first-order valence-electron chi connectivity index (χ1n) is 7.09. The molecule has 3 nitrogen and oxygen atoms in total. The fraction of sp³-hybridized carbons (Fsp3) is 0.222. The largest absolute Gasteiger partial charge is 0.319 e. The number of hydrogen-bond donors (Lipinski definition) is 0. The van der Waals surface area contributed by atoms with Crippen LogP contribution in [0, 0.1) is 25.3 Å². The lowest BCUT2D eigenvalue weighted by molar-refractivity contribution is -0.456. The van der Waals surface area contributed by atoms with Crippen LogP contribution in [0.4, 0.5) is 11.4 Å². The van der Waals surface area contributed by atoms with Gasteiger partial charge in [0, 0.05) is 17.7 Å². The van der Waals surface area contributed by atoms with E-state index in [0.29, 0.717) is 6.67 Å². The van der Waals surface area contributed by atoms with Gasteiger partial charge in [-0.25, -0.2) is 0 Å². The Balaban J connectivity index is 2.25. The number of nitriles is 1. The molecule has 1 heterocycles. The van der Waals surface area contributed by atoms with Gasteiger partial charge in [-0.3, -0.25) is 0 Å². The lowest BCUT2D eigenvalue weighted by Gasteiger charge is -2.28. The maximum absolute atomic E-state index is 9.74. The zero-order valence-electron chi connectivity index (χ0n) is 12.7. The molecule has 0 aliphatic carbocycles. The minimum atomic E-state index is 0.257. The first kappa shape index (κ1) is 13.5. The van der Waals surface area contributed by atoms with Gasteiger partial charge in [0.1, 0.15) is 5.56 Å². The molecular weight excluding hydrogens is 258 g/mol. The number of aryl methyl sites for hydroxylation is 2. The number of hydrogen-bond acceptors (Lipinski definition) is 1. The first-order valence-corrected chi connectivity index (χ1v) is 7.09. The molecule has 0 N–H and O–H groups in total. The van der Waals surface area contributed by atoms with Gasteiger partial charge in [0.25, 0.3) is 6.67 Å². The Hall–Kier alpha value is -2.44. The molecule has 3 heteroatoms. The normalized spacial score (nSPS) is 20.4. The third kappa shape index (κ3) is 2.24. The van der Waals surface area contributed by atoms with Gasteiger partial charge in [-0.2, -0.15) is 0 Å². The fourth-order valence-corrected chi connectivity index (χ4v) is 3.21. The third-order valence-corrected chi connectivity index (χ3v) is 4.01. The highest BCUT2D eigenvalue weighted by molar-refractivity contribution is 5.88. The van der Waals surface area contributed by atoms with Crippen molar-refractivity contribution in [2.75, 3.05) is 13.7 Å². The fourth-order valence-electron chi connectivity index (χ4n) is 3.21. The van der Waals surface area contributed by atoms with Crippen LogP contribution >= 0.6 is 0 Å². The summed E-state index contributed by atoms with van der Waals surface area (Å²) in [6, 6.07) is 14.5. The minimum absolute atomic E-state index is 0.257. The summed E-state index contributed by atoms with van der Waals surface area (Å²) in [5.74, 6) is 0. The van der Waals surface area contributed by atoms with Crippen molar-refractivity contribution >= 4 is 17.6 Å². The highest BCUT2D eigenvalue weighted by Crippen LogP contribution is 2.33. The van der Waals surface area contributed by atoms with E-state index in [1.54, 1.807) is 0 Å². The Morgan fingerprint density at radius 3 is 2.52 bits per heavy atom. The SMILES string of the molecule is Cc1cc(C)c2c(c1)C=[N+](c1ccccc1)C[N+]2(C)C#N. The second-order valence-electron chi connectivity index (χ2n) is 5.89. The van der Waals surface area contributed by atoms with Crippen molar-refractivity contribution in [2.24, 2.45) is 0 Å². The van der Waals surface area contributed by atoms with Crippen LogP contribution in [0.15, 0.2) is 42.5 Å². The van der Waals surface area contributed by atoms with E-state index >= 15 is 0 Å². The van der Waals surface area contributed by atoms with Crippen LogP contribution in [0.3, 0.4) is 0 Å². The summed E-state index contributed by atoms with van der Waals surface area (Å²) in [5, 5.41) is 9.74. The Morgan fingerprint density at radius 2 is 1.86 bits per heavy atom. The van der Waals surface area contributed by atoms with E-state index in [2.05, 4.69) is 55.1 Å². The van der Waals surface area contributed by atoms with Gasteiger partial charge in [-0.15, -0.1) is 14.3 Å². The second kappa shape index (κ2) is 4.83. The Morgan fingerprint density at radius 1 is 1.14 bits per heavy atom. The summed E-state index contributed by atoms with van der Waals surface area (Å²) >= 11 is 0. The number of fused-ring (bicyclic) bond motifs is 1. The third-order valence-electron chi connectivity index (χ3n) is 4.01. The summed E-state index contributed by atoms with van der Waals surface area (Å²) in [6.45, 7) is 4.81. The molecule has 0 spiro atoms. The maximum atomic E-state index is 9.74. The van der Waals surface area contributed by atoms with Gasteiger partial charge in [-0.1, -0.05) is 24.3 Å². The average Bonchev–Trinajstić information content (AvgIpc) is 2.47. The molecule has 2 aromatic rings. The highest BCUT2D eigenvalue weighted by atomic mass is 15.4. The summed E-state index contributed by atoms with van der Waals surface area (Å²) in [7, 11) is 1.98. The second-order valence-corrected chi connectivity index (χ2v) is 5.89. The number of quaternary nitrogens is 1. The van der Waals surface area contributed by atoms with Crippen molar-refractivity contribution < 1.29 is 4.58 Å². The minimum Gasteiger partial charge on any atom is -0.147 e. The van der Waals surface area contributed by atoms with Crippen LogP contribution in [0.25, 0.3) is 0 Å². The quantitative estimate of drug-likeness (QED) is 0.445. The Kier molecular flexibility index (Phi) is 3.12. The number of rotatable bonds is 1. The van der Waals surface area contributed by atoms with E-state index in [4.69, 9.17) is 0 Å². The van der Waals surface area contributed by atoms with Crippen molar-refractivity contribution in [3.05, 3.63) is 59.2 Å². The van der Waals surface area contributed by atoms with Crippen LogP contribution in [0.2, 0.25) is 0 Å². The van der Waals surface area contributed by atoms with Gasteiger partial charge in [0.15, 0.2) is 11.9 Å². The maximum Gasteiger partial charge on any atom is 0.319 e. The van der Waals surface area contributed by atoms with Gasteiger partial charge in [-0.05, 0) is 25.5 Å². The topological polar surface area (TPSA) is 26.8 Å². The molecule has 0 saturated heterocycles. The number of benzene rings is 2. The van der Waals surface area contributed by atoms with Gasteiger partial charge in [0.2, 0.25) is 5.69 Å². The molecule has 1 atom stereocenters. The van der Waals surface area contributed by atoms with E-state index in [9.17, 15) is 5.26 Å². The summed E-state index contributed by atoms with van der Waals surface area (Å²) < 4.78 is 2.41. The van der Waals surface area contributed by atoms with Crippen LogP contribution in [-0.4, -0.2) is 24.5 Å². The lowest BCUT2D eigenvalue weighted by atomic mass is 10.0. The zero-order chi connectivity index (χ0) is 15.0. The molecule has 3 rings (SSSR count). The molecule has 1 unspecified atom stereocenters. The van der Waals surface area contributed by atoms with Crippen LogP contribution in [0.5, 0.6) is 0 Å². The van der Waals surface area contributed by atoms with Gasteiger partial charge >= 0.3 is 6.19 Å². The first-order chi connectivity index (χ1) is 10.0. The molecule has 0 fully saturated rings. The molecule has 0 bridgehead atoms. The number of para-hydroxylation sites is 1. The van der Waals surface area contributed by atoms with Crippen molar-refractivity contribution in [2.45, 2.75) is 13.8 Å². The van der Waals surface area contributed by atoms with E-state index in [1.165, 1.54) is 11.1 Å². The van der Waals surface area contributed by atoms with Crippen molar-refractivity contribution in [1.29, 1.82) is 5.26 Å². The lowest BCUT2D eigenvalue weighted by Crippen LogP contribution is -2.48. The molecule has 1 aliphatic heterocycles. The molecule has 1 aliphatic rings. The smallest absolute Gasteiger partial charge is 0.147 e. The molecule has 21 heavy (non-hydrogen) atoms. The standard InChI is InChI=1S/C18H19N3/c1-14-9-15(2)18-16(10-14)11-20(13-21(18,3)12-19)17-7-5-4-6-8-17/h4-11H,13H2,1-3H3/q+2. The Bertz CT molecular complexity index is 769. The summed E-state index contributed by atoms with van der Waals surface area (Å²) in [5.41, 5.74) is 5.75. The summed E-state index contributed by atoms with van der Waals surface area (Å²) in [6.07, 6.45) is 4.63. The molecule has 0 amide bonds. The monoisotopic (exact) mass is 277 g/mol. The summed E-state index contributed by atoms with van der Waals surface area (Å²) in [4.78, 5) is 0. The van der Waals surface area contributed by atoms with E-state index in [0.717, 1.165) is 16.9 Å². The molecule has 0 aromatic heterocycles. The average molecular weight is 277 g/mol. The van der Waals surface area contributed by atoms with E-state index in [1.807, 2.05) is 25.2 Å². The van der Waals surface area contributed by atoms with E-state index in [-0.39, 0.29) is 4.48 Å². The van der Waals surface area contributed by atoms with Crippen LogP contribution in [0.1, 0.15) is 16.7 Å². The van der Waals surface area contributed by atoms with Crippen LogP contribution < -0.4 is 4.48 Å². The predicted octanol–water partition coefficient (Wildman–Crippen LogP) is 3.46. The number of nitrogens with zero attached hydrogens (tertiary/aromatic N) is 3. The molecule has 2 aromatic carbocycles. The van der Waals surface area contributed by atoms with E-state index < -0.39 is 0 Å². The van der Waals surface area contributed by atoms with Crippen molar-refractivity contribution in [3.8, 4) is 6.19 Å². The predicted molar refractivity (Wildman–Crippen MR) is 85.6 cm³/mol. The zero-order valence-corrected chi connectivity index (χ0v) is 12.7. The molecule has 0 saturated carbocycles. The Labute approximate surface area is 125 Å². The van der Waals surface area contributed by atoms with Crippen molar-refractivity contribution in [3.63, 3.8) is 0 Å². The van der Waals surface area contributed by atoms with Crippen LogP contribution in [-0.2, 0) is 0 Å². The molecule has 0 radical (unpaired) electrons. The molecular formula is C18H19N3+2. The van der Waals surface area contributed by atoms with Crippen molar-refractivity contribution in [1.82, 2.24) is 4.48 Å². The molecule has 104 valence electrons. The van der Waals surface area contributed by atoms with Gasteiger partial charge < -0.3 is 0 Å². The van der Waals surface area contributed by atoms with Gasteiger partial charge in [0.05, 0.1) is 7.05 Å².